The Kier molecular flexibility index (Phi) is 4.57. The minimum Gasteiger partial charge on any atom is -0.493 e. The van der Waals surface area contributed by atoms with Crippen LogP contribution >= 0.6 is 0 Å². The summed E-state index contributed by atoms with van der Waals surface area (Å²) in [6, 6.07) is 5.90. The fraction of sp³-hybridized carbons (Fsp3) is 0.429. The molecule has 0 saturated carbocycles. The van der Waals surface area contributed by atoms with Gasteiger partial charge in [0.05, 0.1) is 7.11 Å². The van der Waals surface area contributed by atoms with E-state index >= 15 is 0 Å². The van der Waals surface area contributed by atoms with E-state index in [1.807, 2.05) is 32.0 Å². The van der Waals surface area contributed by atoms with Gasteiger partial charge in [0.25, 0.3) is 0 Å². The Hall–Kier alpha value is -2.08. The smallest absolute Gasteiger partial charge is 0.161 e. The van der Waals surface area contributed by atoms with Crippen LogP contribution in [0.4, 0.5) is 0 Å². The van der Waals surface area contributed by atoms with E-state index in [0.717, 1.165) is 17.7 Å². The quantitative estimate of drug-likeness (QED) is 0.867. The fourth-order valence-electron chi connectivity index (χ4n) is 1.86. The van der Waals surface area contributed by atoms with E-state index in [4.69, 9.17) is 15.2 Å². The Bertz CT molecular complexity index is 567. The molecule has 1 heterocycles. The molecule has 1 unspecified atom stereocenters. The average molecular weight is 277 g/mol. The predicted octanol–water partition coefficient (Wildman–Crippen LogP) is 1.86. The van der Waals surface area contributed by atoms with Crippen molar-refractivity contribution in [3.8, 4) is 11.5 Å². The SMILES string of the molecule is COc1cc(CC(C)N)ccc1OCc1nonc1C. The first-order chi connectivity index (χ1) is 9.60. The Morgan fingerprint density at radius 1 is 1.30 bits per heavy atom. The third kappa shape index (κ3) is 3.48. The molecule has 1 aromatic heterocycles. The molecule has 6 nitrogen and oxygen atoms in total. The molecule has 0 radical (unpaired) electrons. The van der Waals surface area contributed by atoms with Gasteiger partial charge in [-0.3, -0.25) is 0 Å². The highest BCUT2D eigenvalue weighted by atomic mass is 16.6. The molecular weight excluding hydrogens is 258 g/mol. The second-order valence-corrected chi connectivity index (χ2v) is 4.75. The summed E-state index contributed by atoms with van der Waals surface area (Å²) in [5.41, 5.74) is 8.30. The molecule has 0 saturated heterocycles. The number of hydrogen-bond donors (Lipinski definition) is 1. The number of hydrogen-bond acceptors (Lipinski definition) is 6. The first kappa shape index (κ1) is 14.3. The molecule has 1 aromatic carbocycles. The lowest BCUT2D eigenvalue weighted by molar-refractivity contribution is 0.260. The molecule has 0 spiro atoms. The van der Waals surface area contributed by atoms with Crippen molar-refractivity contribution in [1.29, 1.82) is 0 Å². The summed E-state index contributed by atoms with van der Waals surface area (Å²) in [7, 11) is 1.61. The lowest BCUT2D eigenvalue weighted by Gasteiger charge is -2.12. The zero-order valence-electron chi connectivity index (χ0n) is 11.9. The number of nitrogens with zero attached hydrogens (tertiary/aromatic N) is 2. The van der Waals surface area contributed by atoms with Gasteiger partial charge in [-0.1, -0.05) is 16.4 Å². The van der Waals surface area contributed by atoms with Gasteiger partial charge in [-0.2, -0.15) is 0 Å². The van der Waals surface area contributed by atoms with Crippen molar-refractivity contribution in [3.05, 3.63) is 35.2 Å². The van der Waals surface area contributed by atoms with E-state index in [1.54, 1.807) is 7.11 Å². The molecule has 2 N–H and O–H groups in total. The molecule has 1 atom stereocenters. The minimum absolute atomic E-state index is 0.107. The lowest BCUT2D eigenvalue weighted by atomic mass is 10.1. The van der Waals surface area contributed by atoms with Gasteiger partial charge in [-0.15, -0.1) is 0 Å². The summed E-state index contributed by atoms with van der Waals surface area (Å²) < 4.78 is 15.7. The molecule has 2 rings (SSSR count). The molecule has 108 valence electrons. The molecule has 0 aliphatic carbocycles. The first-order valence-corrected chi connectivity index (χ1v) is 6.43. The highest BCUT2D eigenvalue weighted by Crippen LogP contribution is 2.29. The molecule has 0 fully saturated rings. The second kappa shape index (κ2) is 6.38. The number of ether oxygens (including phenoxy) is 2. The van der Waals surface area contributed by atoms with Crippen LogP contribution in [0.2, 0.25) is 0 Å². The molecule has 0 bridgehead atoms. The van der Waals surface area contributed by atoms with Crippen molar-refractivity contribution < 1.29 is 14.1 Å². The molecular formula is C14H19N3O3. The Morgan fingerprint density at radius 2 is 2.10 bits per heavy atom. The van der Waals surface area contributed by atoms with E-state index in [1.165, 1.54) is 0 Å². The van der Waals surface area contributed by atoms with E-state index in [-0.39, 0.29) is 6.04 Å². The molecule has 20 heavy (non-hydrogen) atoms. The van der Waals surface area contributed by atoms with Crippen molar-refractivity contribution in [2.75, 3.05) is 7.11 Å². The Labute approximate surface area is 117 Å². The third-order valence-corrected chi connectivity index (χ3v) is 2.90. The van der Waals surface area contributed by atoms with Crippen LogP contribution in [0.25, 0.3) is 0 Å². The predicted molar refractivity (Wildman–Crippen MR) is 73.7 cm³/mol. The lowest BCUT2D eigenvalue weighted by Crippen LogP contribution is -2.17. The Balaban J connectivity index is 2.09. The summed E-state index contributed by atoms with van der Waals surface area (Å²) in [4.78, 5) is 0. The second-order valence-electron chi connectivity index (χ2n) is 4.75. The highest BCUT2D eigenvalue weighted by molar-refractivity contribution is 5.43. The van der Waals surface area contributed by atoms with Crippen LogP contribution in [0.5, 0.6) is 11.5 Å². The standard InChI is InChI=1S/C14H19N3O3/c1-9(15)6-11-4-5-13(14(7-11)18-3)19-8-12-10(2)16-20-17-12/h4-5,7,9H,6,8,15H2,1-3H3. The fourth-order valence-corrected chi connectivity index (χ4v) is 1.86. The van der Waals surface area contributed by atoms with Crippen LogP contribution in [-0.2, 0) is 13.0 Å². The minimum atomic E-state index is 0.107. The summed E-state index contributed by atoms with van der Waals surface area (Å²) >= 11 is 0. The summed E-state index contributed by atoms with van der Waals surface area (Å²) in [5.74, 6) is 1.33. The van der Waals surface area contributed by atoms with Crippen molar-refractivity contribution in [1.82, 2.24) is 10.3 Å². The maximum Gasteiger partial charge on any atom is 0.161 e. The zero-order chi connectivity index (χ0) is 14.5. The van der Waals surface area contributed by atoms with Crippen molar-refractivity contribution in [2.24, 2.45) is 5.73 Å². The van der Waals surface area contributed by atoms with Crippen LogP contribution in [-0.4, -0.2) is 23.5 Å². The van der Waals surface area contributed by atoms with E-state index in [2.05, 4.69) is 14.9 Å². The van der Waals surface area contributed by atoms with Gasteiger partial charge in [0.2, 0.25) is 0 Å². The summed E-state index contributed by atoms with van der Waals surface area (Å²) in [6.45, 7) is 4.08. The number of benzene rings is 1. The maximum absolute atomic E-state index is 5.80. The number of aromatic nitrogens is 2. The van der Waals surface area contributed by atoms with Crippen molar-refractivity contribution in [3.63, 3.8) is 0 Å². The van der Waals surface area contributed by atoms with Gasteiger partial charge >= 0.3 is 0 Å². The normalized spacial score (nSPS) is 12.2. The van der Waals surface area contributed by atoms with E-state index in [9.17, 15) is 0 Å². The topological polar surface area (TPSA) is 83.4 Å². The number of nitrogens with two attached hydrogens (primary N) is 1. The van der Waals surface area contributed by atoms with Crippen molar-refractivity contribution in [2.45, 2.75) is 32.9 Å². The number of aryl methyl sites for hydroxylation is 1. The molecule has 2 aromatic rings. The van der Waals surface area contributed by atoms with Crippen LogP contribution in [0.3, 0.4) is 0 Å². The van der Waals surface area contributed by atoms with Gasteiger partial charge < -0.3 is 15.2 Å². The third-order valence-electron chi connectivity index (χ3n) is 2.90. The maximum atomic E-state index is 5.80. The van der Waals surface area contributed by atoms with Crippen LogP contribution in [0, 0.1) is 6.92 Å². The summed E-state index contributed by atoms with van der Waals surface area (Å²) in [5, 5.41) is 7.48. The van der Waals surface area contributed by atoms with E-state index in [0.29, 0.717) is 23.8 Å². The van der Waals surface area contributed by atoms with Gasteiger partial charge in [0, 0.05) is 6.04 Å². The highest BCUT2D eigenvalue weighted by Gasteiger charge is 2.10. The molecule has 6 heteroatoms. The summed E-state index contributed by atoms with van der Waals surface area (Å²) in [6.07, 6.45) is 0.795. The first-order valence-electron chi connectivity index (χ1n) is 6.43. The molecule has 0 amide bonds. The molecule has 0 aliphatic heterocycles. The van der Waals surface area contributed by atoms with Gasteiger partial charge in [-0.05, 0) is 38.0 Å². The van der Waals surface area contributed by atoms with Crippen LogP contribution in [0.1, 0.15) is 23.9 Å². The molecule has 0 aliphatic rings. The monoisotopic (exact) mass is 277 g/mol. The number of methoxy groups -OCH3 is 1. The number of rotatable bonds is 6. The van der Waals surface area contributed by atoms with Gasteiger partial charge in [-0.25, -0.2) is 4.63 Å². The van der Waals surface area contributed by atoms with Crippen LogP contribution in [0.15, 0.2) is 22.8 Å². The van der Waals surface area contributed by atoms with Crippen molar-refractivity contribution >= 4 is 0 Å². The van der Waals surface area contributed by atoms with Crippen LogP contribution < -0.4 is 15.2 Å². The Morgan fingerprint density at radius 3 is 2.70 bits per heavy atom. The largest absolute Gasteiger partial charge is 0.493 e. The average Bonchev–Trinajstić information content (AvgIpc) is 2.82. The van der Waals surface area contributed by atoms with Gasteiger partial charge in [0.15, 0.2) is 11.5 Å². The van der Waals surface area contributed by atoms with E-state index < -0.39 is 0 Å². The zero-order valence-corrected chi connectivity index (χ0v) is 11.9. The van der Waals surface area contributed by atoms with Gasteiger partial charge in [0.1, 0.15) is 18.0 Å².